The molecule has 0 aliphatic carbocycles. The third-order valence-corrected chi connectivity index (χ3v) is 5.91. The highest BCUT2D eigenvalue weighted by atomic mass is 16.1. The molecule has 0 saturated carbocycles. The van der Waals surface area contributed by atoms with Crippen molar-refractivity contribution >= 4 is 16.9 Å². The molecule has 0 aliphatic heterocycles. The molecule has 3 aromatic rings. The number of hydrogen-bond donors (Lipinski definition) is 1. The van der Waals surface area contributed by atoms with Crippen LogP contribution in [-0.4, -0.2) is 15.5 Å². The van der Waals surface area contributed by atoms with Gasteiger partial charge in [-0.2, -0.15) is 0 Å². The van der Waals surface area contributed by atoms with Crippen LogP contribution in [0.1, 0.15) is 87.3 Å². The fraction of sp³-hybridized carbons (Fsp3) is 0.481. The van der Waals surface area contributed by atoms with Crippen LogP contribution in [0, 0.1) is 0 Å². The summed E-state index contributed by atoms with van der Waals surface area (Å²) in [5.74, 6) is 0.875. The van der Waals surface area contributed by atoms with Gasteiger partial charge < -0.3 is 9.88 Å². The van der Waals surface area contributed by atoms with Gasteiger partial charge in [0.25, 0.3) is 5.91 Å². The van der Waals surface area contributed by atoms with E-state index in [1.54, 1.807) is 0 Å². The second-order valence-corrected chi connectivity index (χ2v) is 8.40. The van der Waals surface area contributed by atoms with Gasteiger partial charge in [-0.05, 0) is 30.7 Å². The largest absolute Gasteiger partial charge is 0.345 e. The van der Waals surface area contributed by atoms with Gasteiger partial charge in [-0.3, -0.25) is 4.79 Å². The van der Waals surface area contributed by atoms with Crippen molar-refractivity contribution in [3.63, 3.8) is 0 Å². The first-order valence-electron chi connectivity index (χ1n) is 12.1. The van der Waals surface area contributed by atoms with Crippen molar-refractivity contribution in [3.8, 4) is 0 Å². The molecule has 0 bridgehead atoms. The van der Waals surface area contributed by atoms with Crippen LogP contribution < -0.4 is 5.32 Å². The lowest BCUT2D eigenvalue weighted by atomic mass is 10.1. The molecule has 2 aromatic carbocycles. The number of para-hydroxylation sites is 2. The third kappa shape index (κ3) is 7.23. The molecule has 0 aliphatic rings. The molecule has 1 N–H and O–H groups in total. The molecule has 3 rings (SSSR count). The Morgan fingerprint density at radius 1 is 0.806 bits per heavy atom. The zero-order valence-corrected chi connectivity index (χ0v) is 19.0. The zero-order valence-electron chi connectivity index (χ0n) is 19.0. The highest BCUT2D eigenvalue weighted by Gasteiger charge is 2.12. The van der Waals surface area contributed by atoms with Crippen LogP contribution in [0.4, 0.5) is 0 Å². The Kier molecular flexibility index (Phi) is 9.62. The number of unbranched alkanes of at least 4 members (excludes halogenated alkanes) is 9. The Bertz CT molecular complexity index is 917. The van der Waals surface area contributed by atoms with E-state index in [0.29, 0.717) is 12.1 Å². The van der Waals surface area contributed by atoms with Gasteiger partial charge in [0, 0.05) is 12.1 Å². The summed E-state index contributed by atoms with van der Waals surface area (Å²) in [5, 5.41) is 3.03. The molecule has 0 spiro atoms. The topological polar surface area (TPSA) is 46.9 Å². The van der Waals surface area contributed by atoms with Crippen molar-refractivity contribution < 1.29 is 4.79 Å². The predicted octanol–water partition coefficient (Wildman–Crippen LogP) is 6.89. The van der Waals surface area contributed by atoms with Gasteiger partial charge in [0.05, 0.1) is 17.6 Å². The normalized spacial score (nSPS) is 11.1. The maximum Gasteiger partial charge on any atom is 0.251 e. The van der Waals surface area contributed by atoms with Crippen molar-refractivity contribution in [1.82, 2.24) is 14.9 Å². The Morgan fingerprint density at radius 3 is 2.13 bits per heavy atom. The standard InChI is InChI=1S/C27H37N3O/c1-2-3-4-5-6-7-8-9-10-16-21-30-25-20-15-14-19-24(25)29-26(30)22-28-27(31)23-17-12-11-13-18-23/h11-15,17-20H,2-10,16,21-22H2,1H3,(H,28,31). The number of aryl methyl sites for hydroxylation is 1. The van der Waals surface area contributed by atoms with E-state index in [0.717, 1.165) is 29.8 Å². The molecule has 0 unspecified atom stereocenters. The number of carbonyl (C=O) groups excluding carboxylic acids is 1. The van der Waals surface area contributed by atoms with E-state index in [9.17, 15) is 4.79 Å². The number of amides is 1. The minimum atomic E-state index is -0.0573. The quantitative estimate of drug-likeness (QED) is 0.289. The van der Waals surface area contributed by atoms with Gasteiger partial charge in [0.2, 0.25) is 0 Å². The minimum absolute atomic E-state index is 0.0573. The molecule has 1 aromatic heterocycles. The molecule has 4 heteroatoms. The van der Waals surface area contributed by atoms with Crippen molar-refractivity contribution in [2.75, 3.05) is 0 Å². The summed E-state index contributed by atoms with van der Waals surface area (Å²) in [5.41, 5.74) is 2.83. The number of fused-ring (bicyclic) bond motifs is 1. The summed E-state index contributed by atoms with van der Waals surface area (Å²) < 4.78 is 2.28. The van der Waals surface area contributed by atoms with E-state index < -0.39 is 0 Å². The highest BCUT2D eigenvalue weighted by molar-refractivity contribution is 5.94. The Morgan fingerprint density at radius 2 is 1.42 bits per heavy atom. The minimum Gasteiger partial charge on any atom is -0.345 e. The first-order chi connectivity index (χ1) is 15.3. The lowest BCUT2D eigenvalue weighted by Crippen LogP contribution is -2.24. The average Bonchev–Trinajstić information content (AvgIpc) is 3.16. The van der Waals surface area contributed by atoms with Crippen molar-refractivity contribution in [1.29, 1.82) is 0 Å². The van der Waals surface area contributed by atoms with Crippen LogP contribution in [0.5, 0.6) is 0 Å². The van der Waals surface area contributed by atoms with Gasteiger partial charge in [-0.25, -0.2) is 4.98 Å². The molecule has 31 heavy (non-hydrogen) atoms. The number of hydrogen-bond acceptors (Lipinski definition) is 2. The maximum absolute atomic E-state index is 12.4. The number of nitrogens with one attached hydrogen (secondary N) is 1. The van der Waals surface area contributed by atoms with Crippen LogP contribution in [0.2, 0.25) is 0 Å². The molecular weight excluding hydrogens is 382 g/mol. The molecule has 0 radical (unpaired) electrons. The number of rotatable bonds is 14. The van der Waals surface area contributed by atoms with E-state index in [1.165, 1.54) is 57.8 Å². The van der Waals surface area contributed by atoms with Gasteiger partial charge in [-0.1, -0.05) is 95.0 Å². The summed E-state index contributed by atoms with van der Waals surface area (Å²) in [4.78, 5) is 17.2. The van der Waals surface area contributed by atoms with E-state index >= 15 is 0 Å². The Balaban J connectivity index is 1.48. The van der Waals surface area contributed by atoms with Gasteiger partial charge in [0.1, 0.15) is 5.82 Å². The van der Waals surface area contributed by atoms with Crippen molar-refractivity contribution in [2.45, 2.75) is 84.2 Å². The Labute approximate surface area is 187 Å². The summed E-state index contributed by atoms with van der Waals surface area (Å²) in [6.45, 7) is 3.67. The van der Waals surface area contributed by atoms with Gasteiger partial charge in [0.15, 0.2) is 0 Å². The van der Waals surface area contributed by atoms with Crippen LogP contribution in [-0.2, 0) is 13.1 Å². The van der Waals surface area contributed by atoms with Gasteiger partial charge >= 0.3 is 0 Å². The van der Waals surface area contributed by atoms with E-state index in [1.807, 2.05) is 42.5 Å². The molecule has 0 atom stereocenters. The van der Waals surface area contributed by atoms with E-state index in [4.69, 9.17) is 4.98 Å². The van der Waals surface area contributed by atoms with Crippen LogP contribution >= 0.6 is 0 Å². The molecule has 166 valence electrons. The van der Waals surface area contributed by atoms with Crippen LogP contribution in [0.15, 0.2) is 54.6 Å². The molecule has 1 amide bonds. The number of benzene rings is 2. The predicted molar refractivity (Wildman–Crippen MR) is 129 cm³/mol. The maximum atomic E-state index is 12.4. The molecule has 0 saturated heterocycles. The lowest BCUT2D eigenvalue weighted by molar-refractivity contribution is 0.0949. The van der Waals surface area contributed by atoms with Crippen LogP contribution in [0.3, 0.4) is 0 Å². The summed E-state index contributed by atoms with van der Waals surface area (Å²) >= 11 is 0. The van der Waals surface area contributed by atoms with Gasteiger partial charge in [-0.15, -0.1) is 0 Å². The van der Waals surface area contributed by atoms with Crippen molar-refractivity contribution in [2.24, 2.45) is 0 Å². The number of aromatic nitrogens is 2. The summed E-state index contributed by atoms with van der Waals surface area (Å²) in [7, 11) is 0. The SMILES string of the molecule is CCCCCCCCCCCCn1c(CNC(=O)c2ccccc2)nc2ccccc21. The number of imidazole rings is 1. The number of nitrogens with zero attached hydrogens (tertiary/aromatic N) is 2. The first-order valence-corrected chi connectivity index (χ1v) is 12.1. The zero-order chi connectivity index (χ0) is 21.7. The van der Waals surface area contributed by atoms with Crippen LogP contribution in [0.25, 0.3) is 11.0 Å². The fourth-order valence-corrected chi connectivity index (χ4v) is 4.12. The Hall–Kier alpha value is -2.62. The summed E-state index contributed by atoms with van der Waals surface area (Å²) in [6.07, 6.45) is 13.3. The molecule has 1 heterocycles. The monoisotopic (exact) mass is 419 g/mol. The third-order valence-electron chi connectivity index (χ3n) is 5.91. The molecular formula is C27H37N3O. The average molecular weight is 420 g/mol. The second kappa shape index (κ2) is 12.9. The van der Waals surface area contributed by atoms with E-state index in [-0.39, 0.29) is 5.91 Å². The first kappa shape index (κ1) is 23.1. The lowest BCUT2D eigenvalue weighted by Gasteiger charge is -2.10. The summed E-state index contributed by atoms with van der Waals surface area (Å²) in [6, 6.07) is 17.6. The highest BCUT2D eigenvalue weighted by Crippen LogP contribution is 2.18. The van der Waals surface area contributed by atoms with E-state index in [2.05, 4.69) is 28.9 Å². The fourth-order valence-electron chi connectivity index (χ4n) is 4.12. The van der Waals surface area contributed by atoms with Crippen molar-refractivity contribution in [3.05, 3.63) is 66.0 Å². The number of carbonyl (C=O) groups is 1. The second-order valence-electron chi connectivity index (χ2n) is 8.40. The smallest absolute Gasteiger partial charge is 0.251 e. The molecule has 0 fully saturated rings. The molecule has 4 nitrogen and oxygen atoms in total.